The molecule has 0 aliphatic rings. The van der Waals surface area contributed by atoms with Crippen LogP contribution in [0.4, 0.5) is 17.5 Å². The summed E-state index contributed by atoms with van der Waals surface area (Å²) in [4.78, 5) is 13.1. The van der Waals surface area contributed by atoms with Crippen molar-refractivity contribution in [1.29, 1.82) is 0 Å². The number of nitrogens with zero attached hydrogens (tertiary/aromatic N) is 5. The van der Waals surface area contributed by atoms with Gasteiger partial charge in [0.15, 0.2) is 0 Å². The van der Waals surface area contributed by atoms with Crippen molar-refractivity contribution in [2.24, 2.45) is 0 Å². The number of benzene rings is 1. The minimum Gasteiger partial charge on any atom is -0.494 e. The first-order valence-corrected chi connectivity index (χ1v) is 8.87. The topological polar surface area (TPSA) is 89.8 Å². The fourth-order valence-electron chi connectivity index (χ4n) is 3.10. The van der Waals surface area contributed by atoms with Crippen LogP contribution in [0.5, 0.6) is 5.75 Å². The molecule has 0 radical (unpaired) electrons. The van der Waals surface area contributed by atoms with Crippen LogP contribution in [0, 0.1) is 13.8 Å². The summed E-state index contributed by atoms with van der Waals surface area (Å²) < 4.78 is 7.43. The first-order valence-electron chi connectivity index (χ1n) is 8.87. The third-order valence-electron chi connectivity index (χ3n) is 4.49. The Morgan fingerprint density at radius 3 is 2.68 bits per heavy atom. The second-order valence-electron chi connectivity index (χ2n) is 6.37. The molecule has 8 heteroatoms. The normalized spacial score (nSPS) is 10.9. The quantitative estimate of drug-likeness (QED) is 0.550. The lowest BCUT2D eigenvalue weighted by atomic mass is 10.2. The van der Waals surface area contributed by atoms with Gasteiger partial charge in [0.1, 0.15) is 17.3 Å². The number of nitrogens with one attached hydrogen (secondary N) is 2. The highest BCUT2D eigenvalue weighted by Gasteiger charge is 2.14. The summed E-state index contributed by atoms with van der Waals surface area (Å²) >= 11 is 0. The summed E-state index contributed by atoms with van der Waals surface area (Å²) in [5.41, 5.74) is 4.40. The lowest BCUT2D eigenvalue weighted by molar-refractivity contribution is 0.411. The van der Waals surface area contributed by atoms with Gasteiger partial charge < -0.3 is 15.4 Å². The standard InChI is InChI=1S/C20H21N7O/c1-12-9-19(21-3)25-20(23-12)24-14-5-6-18(28-4)17(10-14)27-13(2)15-11-22-8-7-16(15)26-27/h5-11H,1-4H3,(H2,21,23,24,25). The van der Waals surface area contributed by atoms with E-state index in [2.05, 4.69) is 25.6 Å². The molecule has 0 aliphatic heterocycles. The van der Waals surface area contributed by atoms with E-state index < -0.39 is 0 Å². The van der Waals surface area contributed by atoms with Crippen LogP contribution < -0.4 is 15.4 Å². The van der Waals surface area contributed by atoms with Crippen molar-refractivity contribution < 1.29 is 4.74 Å². The first kappa shape index (κ1) is 17.7. The zero-order valence-electron chi connectivity index (χ0n) is 16.2. The van der Waals surface area contributed by atoms with E-state index in [1.54, 1.807) is 13.3 Å². The minimum atomic E-state index is 0.520. The molecule has 0 atom stereocenters. The molecule has 0 aliphatic carbocycles. The molecule has 0 spiro atoms. The summed E-state index contributed by atoms with van der Waals surface area (Å²) in [7, 11) is 3.48. The molecule has 8 nitrogen and oxygen atoms in total. The second-order valence-corrected chi connectivity index (χ2v) is 6.37. The van der Waals surface area contributed by atoms with Crippen LogP contribution in [0.3, 0.4) is 0 Å². The van der Waals surface area contributed by atoms with E-state index in [-0.39, 0.29) is 0 Å². The molecule has 0 unspecified atom stereocenters. The summed E-state index contributed by atoms with van der Waals surface area (Å²) in [6.07, 6.45) is 3.56. The second kappa shape index (κ2) is 7.15. The van der Waals surface area contributed by atoms with Gasteiger partial charge in [-0.1, -0.05) is 0 Å². The Morgan fingerprint density at radius 2 is 1.93 bits per heavy atom. The molecule has 0 saturated carbocycles. The van der Waals surface area contributed by atoms with Crippen molar-refractivity contribution in [3.05, 3.63) is 54.1 Å². The van der Waals surface area contributed by atoms with Crippen LogP contribution >= 0.6 is 0 Å². The number of fused-ring (bicyclic) bond motifs is 1. The van der Waals surface area contributed by atoms with E-state index in [9.17, 15) is 0 Å². The zero-order chi connectivity index (χ0) is 19.7. The van der Waals surface area contributed by atoms with Gasteiger partial charge in [-0.2, -0.15) is 10.1 Å². The largest absolute Gasteiger partial charge is 0.494 e. The maximum atomic E-state index is 5.57. The highest BCUT2D eigenvalue weighted by atomic mass is 16.5. The summed E-state index contributed by atoms with van der Waals surface area (Å²) in [6, 6.07) is 9.57. The van der Waals surface area contributed by atoms with Gasteiger partial charge in [-0.05, 0) is 38.1 Å². The van der Waals surface area contributed by atoms with Gasteiger partial charge in [-0.3, -0.25) is 4.98 Å². The maximum Gasteiger partial charge on any atom is 0.229 e. The highest BCUT2D eigenvalue weighted by Crippen LogP contribution is 2.30. The summed E-state index contributed by atoms with van der Waals surface area (Å²) in [6.45, 7) is 3.94. The number of aromatic nitrogens is 5. The van der Waals surface area contributed by atoms with Crippen molar-refractivity contribution in [3.63, 3.8) is 0 Å². The predicted molar refractivity (Wildman–Crippen MR) is 110 cm³/mol. The Labute approximate surface area is 162 Å². The van der Waals surface area contributed by atoms with Gasteiger partial charge in [0, 0.05) is 42.3 Å². The molecular weight excluding hydrogens is 354 g/mol. The lowest BCUT2D eigenvalue weighted by Gasteiger charge is -2.13. The van der Waals surface area contributed by atoms with E-state index >= 15 is 0 Å². The summed E-state index contributed by atoms with van der Waals surface area (Å²) in [5, 5.41) is 12.0. The Bertz CT molecular complexity index is 1150. The van der Waals surface area contributed by atoms with Gasteiger partial charge in [0.25, 0.3) is 0 Å². The molecule has 1 aromatic carbocycles. The molecule has 0 amide bonds. The van der Waals surface area contributed by atoms with E-state index in [1.807, 2.05) is 62.1 Å². The monoisotopic (exact) mass is 375 g/mol. The molecule has 3 aromatic heterocycles. The van der Waals surface area contributed by atoms with Crippen molar-refractivity contribution in [3.8, 4) is 11.4 Å². The van der Waals surface area contributed by atoms with Crippen LogP contribution in [0.1, 0.15) is 11.4 Å². The van der Waals surface area contributed by atoms with E-state index in [0.717, 1.165) is 45.2 Å². The first-order chi connectivity index (χ1) is 13.6. The van der Waals surface area contributed by atoms with E-state index in [0.29, 0.717) is 5.95 Å². The molecule has 0 bridgehead atoms. The Balaban J connectivity index is 1.78. The van der Waals surface area contributed by atoms with Crippen LogP contribution in [0.15, 0.2) is 42.7 Å². The fourth-order valence-corrected chi connectivity index (χ4v) is 3.10. The van der Waals surface area contributed by atoms with Crippen LogP contribution in [-0.4, -0.2) is 38.9 Å². The molecule has 2 N–H and O–H groups in total. The predicted octanol–water partition coefficient (Wildman–Crippen LogP) is 3.62. The average molecular weight is 375 g/mol. The summed E-state index contributed by atoms with van der Waals surface area (Å²) in [5.74, 6) is 1.99. The number of hydrogen-bond acceptors (Lipinski definition) is 7. The van der Waals surface area contributed by atoms with Crippen molar-refractivity contribution in [2.45, 2.75) is 13.8 Å². The van der Waals surface area contributed by atoms with Gasteiger partial charge in [-0.15, -0.1) is 0 Å². The molecule has 142 valence electrons. The molecule has 4 rings (SSSR count). The van der Waals surface area contributed by atoms with E-state index in [1.165, 1.54) is 0 Å². The van der Waals surface area contributed by atoms with Crippen LogP contribution in [0.25, 0.3) is 16.6 Å². The number of pyridine rings is 1. The number of anilines is 3. The molecule has 28 heavy (non-hydrogen) atoms. The molecule has 0 fully saturated rings. The number of rotatable bonds is 5. The minimum absolute atomic E-state index is 0.520. The van der Waals surface area contributed by atoms with E-state index in [4.69, 9.17) is 9.84 Å². The molecule has 0 saturated heterocycles. The smallest absolute Gasteiger partial charge is 0.229 e. The maximum absolute atomic E-state index is 5.57. The number of ether oxygens (including phenoxy) is 1. The third kappa shape index (κ3) is 3.20. The zero-order valence-corrected chi connectivity index (χ0v) is 16.2. The highest BCUT2D eigenvalue weighted by molar-refractivity contribution is 5.81. The van der Waals surface area contributed by atoms with Gasteiger partial charge >= 0.3 is 0 Å². The fraction of sp³-hybridized carbons (Fsp3) is 0.200. The Hall–Kier alpha value is -3.68. The van der Waals surface area contributed by atoms with Crippen LogP contribution in [0.2, 0.25) is 0 Å². The van der Waals surface area contributed by atoms with Crippen molar-refractivity contribution in [1.82, 2.24) is 24.7 Å². The number of aryl methyl sites for hydroxylation is 2. The number of methoxy groups -OCH3 is 1. The number of hydrogen-bond donors (Lipinski definition) is 2. The van der Waals surface area contributed by atoms with Crippen molar-refractivity contribution >= 4 is 28.4 Å². The Morgan fingerprint density at radius 1 is 1.07 bits per heavy atom. The van der Waals surface area contributed by atoms with Gasteiger partial charge in [0.2, 0.25) is 5.95 Å². The van der Waals surface area contributed by atoms with Crippen molar-refractivity contribution in [2.75, 3.05) is 24.8 Å². The third-order valence-corrected chi connectivity index (χ3v) is 4.49. The van der Waals surface area contributed by atoms with Gasteiger partial charge in [0.05, 0.1) is 18.3 Å². The molecule has 4 aromatic rings. The lowest BCUT2D eigenvalue weighted by Crippen LogP contribution is -2.05. The Kier molecular flexibility index (Phi) is 4.52. The molecular formula is C20H21N7O. The van der Waals surface area contributed by atoms with Gasteiger partial charge in [-0.25, -0.2) is 9.67 Å². The average Bonchev–Trinajstić information content (AvgIpc) is 3.04. The van der Waals surface area contributed by atoms with Crippen LogP contribution in [-0.2, 0) is 0 Å². The molecule has 3 heterocycles. The SMILES string of the molecule is CNc1cc(C)nc(Nc2ccc(OC)c(-n3nc4ccncc4c3C)c2)n1.